The molecule has 0 bridgehead atoms. The van der Waals surface area contributed by atoms with Crippen molar-refractivity contribution in [1.82, 2.24) is 19.1 Å². The maximum absolute atomic E-state index is 7.19. The standard InChI is InChI=1S/C22H12N2O2.2C12H10N.2Pt/c1-3-13-23-21(11-1)25-19-9-5-7-17(15-19)18-8-6-10-20(16-18)26-22-12-2-4-14-24-22;2*1-4-13-10(3)9(2)11-7-5-6-8-12(11)13;;/h1-6,9-14H;2*5-8H,2-3H3;;/q-4;2*-1;;. The zero-order valence-electron chi connectivity index (χ0n) is 29.8. The summed E-state index contributed by atoms with van der Waals surface area (Å²) < 4.78 is 15.0. The summed E-state index contributed by atoms with van der Waals surface area (Å²) in [5.41, 5.74) is 8.12. The molecule has 0 saturated carbocycles. The molecular formula is C46H32N4O2Pt2-6. The molecular weight excluding hydrogens is 1030 g/mol. The van der Waals surface area contributed by atoms with E-state index in [4.69, 9.17) is 22.3 Å². The molecule has 0 unspecified atom stereocenters. The minimum absolute atomic E-state index is 0. The summed E-state index contributed by atoms with van der Waals surface area (Å²) in [6, 6.07) is 51.6. The molecule has 0 aliphatic carbocycles. The molecule has 8 aromatic rings. The number of nitrogens with zero attached hydrogens (tertiary/aromatic N) is 4. The molecule has 274 valence electrons. The van der Waals surface area contributed by atoms with Crippen molar-refractivity contribution in [3.63, 3.8) is 0 Å². The van der Waals surface area contributed by atoms with E-state index in [-0.39, 0.29) is 42.1 Å². The minimum Gasteiger partial charge on any atom is -0.669 e. The van der Waals surface area contributed by atoms with Crippen LogP contribution in [0.4, 0.5) is 0 Å². The Balaban J connectivity index is 0.000000196. The molecule has 0 fully saturated rings. The van der Waals surface area contributed by atoms with Gasteiger partial charge in [-0.2, -0.15) is 12.1 Å². The van der Waals surface area contributed by atoms with Gasteiger partial charge in [0.15, 0.2) is 0 Å². The zero-order valence-corrected chi connectivity index (χ0v) is 34.3. The van der Waals surface area contributed by atoms with Gasteiger partial charge in [0.05, 0.1) is 11.0 Å². The van der Waals surface area contributed by atoms with Crippen LogP contribution in [0.25, 0.3) is 32.9 Å². The van der Waals surface area contributed by atoms with Crippen LogP contribution in [0.2, 0.25) is 0 Å². The quantitative estimate of drug-likeness (QED) is 0.127. The van der Waals surface area contributed by atoms with E-state index in [0.717, 1.165) is 22.4 Å². The zero-order chi connectivity index (χ0) is 36.5. The average Bonchev–Trinajstić information content (AvgIpc) is 3.59. The normalized spacial score (nSPS) is 9.89. The molecule has 4 heterocycles. The fraction of sp³-hybridized carbons (Fsp3) is 0.0870. The second kappa shape index (κ2) is 19.4. The monoisotopic (exact) mass is 1060 g/mol. The predicted molar refractivity (Wildman–Crippen MR) is 204 cm³/mol. The number of fused-ring (bicyclic) bond motifs is 2. The molecule has 6 nitrogen and oxygen atoms in total. The summed E-state index contributed by atoms with van der Waals surface area (Å²) in [5.74, 6) is 2.08. The van der Waals surface area contributed by atoms with Gasteiger partial charge in [0.1, 0.15) is 0 Å². The SMILES string of the molecule is [C-]#Cn1c(C)c(C)c2ccccc21.[C-]#Cn1c(C)c(C)c2ccccc21.[Pt].[Pt].[c-]1ccc(Oc2ccccn2)[c-]c1-c1[c-]ccc(Oc2ccccn2)[c-]1. The van der Waals surface area contributed by atoms with Crippen LogP contribution in [-0.2, 0) is 42.1 Å². The number of pyridine rings is 2. The molecule has 4 aromatic heterocycles. The van der Waals surface area contributed by atoms with Crippen LogP contribution in [0.15, 0.2) is 122 Å². The van der Waals surface area contributed by atoms with Gasteiger partial charge in [-0.15, -0.1) is 0 Å². The fourth-order valence-electron chi connectivity index (χ4n) is 5.58. The maximum Gasteiger partial charge on any atom is 0.215 e. The van der Waals surface area contributed by atoms with Crippen LogP contribution < -0.4 is 9.47 Å². The summed E-state index contributed by atoms with van der Waals surface area (Å²) in [6.07, 6.45) is 17.7. The van der Waals surface area contributed by atoms with Gasteiger partial charge < -0.3 is 66.8 Å². The van der Waals surface area contributed by atoms with Crippen molar-refractivity contribution < 1.29 is 51.6 Å². The molecule has 0 saturated heterocycles. The third kappa shape index (κ3) is 9.47. The summed E-state index contributed by atoms with van der Waals surface area (Å²) in [5, 5.41) is 2.42. The molecule has 0 aliphatic rings. The van der Waals surface area contributed by atoms with Gasteiger partial charge in [-0.05, 0) is 63.1 Å². The fourth-order valence-corrected chi connectivity index (χ4v) is 5.58. The molecule has 0 atom stereocenters. The van der Waals surface area contributed by atoms with E-state index in [1.807, 2.05) is 74.5 Å². The first kappa shape index (κ1) is 41.1. The van der Waals surface area contributed by atoms with Crippen molar-refractivity contribution in [3.05, 3.63) is 181 Å². The minimum atomic E-state index is 0. The average molecular weight is 1060 g/mol. The van der Waals surface area contributed by atoms with Crippen molar-refractivity contribution in [1.29, 1.82) is 0 Å². The molecule has 4 aromatic carbocycles. The first-order chi connectivity index (χ1) is 25.4. The number of para-hydroxylation sites is 2. The smallest absolute Gasteiger partial charge is 0.215 e. The second-order valence-electron chi connectivity index (χ2n) is 11.6. The van der Waals surface area contributed by atoms with Gasteiger partial charge in [-0.3, -0.25) is 12.1 Å². The van der Waals surface area contributed by atoms with E-state index in [9.17, 15) is 0 Å². The van der Waals surface area contributed by atoms with Gasteiger partial charge in [0.25, 0.3) is 0 Å². The molecule has 0 aliphatic heterocycles. The largest absolute Gasteiger partial charge is 0.669 e. The van der Waals surface area contributed by atoms with Crippen LogP contribution >= 0.6 is 0 Å². The molecule has 0 amide bonds. The Morgan fingerprint density at radius 3 is 1.30 bits per heavy atom. The Morgan fingerprint density at radius 1 is 0.537 bits per heavy atom. The number of benzene rings is 4. The third-order valence-corrected chi connectivity index (χ3v) is 8.45. The molecule has 8 rings (SSSR count). The van der Waals surface area contributed by atoms with E-state index in [0.29, 0.717) is 34.4 Å². The maximum atomic E-state index is 7.19. The summed E-state index contributed by atoms with van der Waals surface area (Å²) in [4.78, 5) is 8.28. The van der Waals surface area contributed by atoms with Gasteiger partial charge in [-0.1, -0.05) is 60.0 Å². The van der Waals surface area contributed by atoms with Crippen LogP contribution in [0.1, 0.15) is 22.5 Å². The summed E-state index contributed by atoms with van der Waals surface area (Å²) in [7, 11) is 0. The summed E-state index contributed by atoms with van der Waals surface area (Å²) in [6.45, 7) is 8.17. The molecule has 0 spiro atoms. The predicted octanol–water partition coefficient (Wildman–Crippen LogP) is 10.2. The Bertz CT molecular complexity index is 2370. The van der Waals surface area contributed by atoms with Crippen molar-refractivity contribution in [2.75, 3.05) is 0 Å². The molecule has 0 N–H and O–H groups in total. The van der Waals surface area contributed by atoms with Crippen LogP contribution in [0.3, 0.4) is 0 Å². The van der Waals surface area contributed by atoms with Crippen molar-refractivity contribution in [3.8, 4) is 46.5 Å². The van der Waals surface area contributed by atoms with E-state index in [2.05, 4.69) is 72.3 Å². The topological polar surface area (TPSA) is 54.1 Å². The van der Waals surface area contributed by atoms with Gasteiger partial charge in [0, 0.05) is 88.8 Å². The number of rotatable bonds is 5. The van der Waals surface area contributed by atoms with Crippen LogP contribution in [0, 0.1) is 76.9 Å². The first-order valence-electron chi connectivity index (χ1n) is 16.4. The summed E-state index contributed by atoms with van der Waals surface area (Å²) >= 11 is 0. The van der Waals surface area contributed by atoms with Crippen LogP contribution in [0.5, 0.6) is 23.3 Å². The third-order valence-electron chi connectivity index (χ3n) is 8.45. The number of hydrogen-bond donors (Lipinski definition) is 0. The van der Waals surface area contributed by atoms with E-state index >= 15 is 0 Å². The van der Waals surface area contributed by atoms with Gasteiger partial charge in [0.2, 0.25) is 11.8 Å². The van der Waals surface area contributed by atoms with Crippen molar-refractivity contribution in [2.45, 2.75) is 27.7 Å². The molecule has 8 heteroatoms. The van der Waals surface area contributed by atoms with E-state index in [1.165, 1.54) is 21.9 Å². The van der Waals surface area contributed by atoms with Gasteiger partial charge >= 0.3 is 0 Å². The van der Waals surface area contributed by atoms with E-state index < -0.39 is 0 Å². The number of aryl methyl sites for hydroxylation is 2. The first-order valence-corrected chi connectivity index (χ1v) is 16.4. The Labute approximate surface area is 345 Å². The Hall–Kier alpha value is -5.64. The molecule has 0 radical (unpaired) electrons. The van der Waals surface area contributed by atoms with Crippen molar-refractivity contribution >= 4 is 21.8 Å². The number of ether oxygens (including phenoxy) is 2. The van der Waals surface area contributed by atoms with E-state index in [1.54, 1.807) is 57.9 Å². The Kier molecular flexibility index (Phi) is 14.8. The second-order valence-corrected chi connectivity index (χ2v) is 11.6. The number of aromatic nitrogens is 4. The number of hydrogen-bond acceptors (Lipinski definition) is 4. The van der Waals surface area contributed by atoms with Crippen molar-refractivity contribution in [2.24, 2.45) is 0 Å². The Morgan fingerprint density at radius 2 is 0.926 bits per heavy atom. The molecule has 54 heavy (non-hydrogen) atoms. The van der Waals surface area contributed by atoms with Gasteiger partial charge in [-0.25, -0.2) is 22.1 Å². The van der Waals surface area contributed by atoms with Crippen LogP contribution in [-0.4, -0.2) is 19.1 Å².